The maximum absolute atomic E-state index is 11.9. The van der Waals surface area contributed by atoms with E-state index in [2.05, 4.69) is 38.6 Å². The van der Waals surface area contributed by atoms with Crippen molar-refractivity contribution in [2.45, 2.75) is 13.0 Å². The third kappa shape index (κ3) is 10.0. The highest BCUT2D eigenvalue weighted by atomic mass is 35.5. The van der Waals surface area contributed by atoms with Gasteiger partial charge in [0.15, 0.2) is 0 Å². The van der Waals surface area contributed by atoms with Crippen molar-refractivity contribution in [3.05, 3.63) is 64.7 Å². The number of hydrogen-bond acceptors (Lipinski definition) is 4. The quantitative estimate of drug-likeness (QED) is 0.565. The summed E-state index contributed by atoms with van der Waals surface area (Å²) in [5.74, 6) is 0. The third-order valence-electron chi connectivity index (χ3n) is 4.99. The van der Waals surface area contributed by atoms with Gasteiger partial charge in [0.1, 0.15) is 0 Å². The first-order valence-corrected chi connectivity index (χ1v) is 10.2. The molecule has 32 heavy (non-hydrogen) atoms. The van der Waals surface area contributed by atoms with Crippen molar-refractivity contribution in [1.82, 2.24) is 15.1 Å². The number of hydrogen-bond donors (Lipinski definition) is 2. The van der Waals surface area contributed by atoms with E-state index >= 15 is 0 Å². The molecular formula is C22H30Cl3N5O2. The Kier molecular flexibility index (Phi) is 14.7. The molecule has 0 saturated carbocycles. The lowest BCUT2D eigenvalue weighted by Crippen LogP contribution is -2.46. The van der Waals surface area contributed by atoms with Crippen LogP contribution in [0.2, 0.25) is 5.02 Å². The molecule has 176 valence electrons. The molecule has 1 fully saturated rings. The predicted octanol–water partition coefficient (Wildman–Crippen LogP) is 3.56. The standard InChI is InChI=1S/C22H26ClN5O.2ClH.H2O/c23-20-6-2-19(3-7-20)17-28-14-12-27(13-15-28)11-1-10-25-22(29)26-21-8-4-18(16-24)5-9-21;;;/h2-9H,1,10-15,17H2,(H2,25,26,29);2*1H;1H2. The lowest BCUT2D eigenvalue weighted by molar-refractivity contribution is 0.126. The topological polar surface area (TPSA) is 103 Å². The maximum Gasteiger partial charge on any atom is 0.319 e. The molecule has 0 unspecified atom stereocenters. The first-order valence-electron chi connectivity index (χ1n) is 9.86. The van der Waals surface area contributed by atoms with Crippen LogP contribution in [0, 0.1) is 11.3 Å². The van der Waals surface area contributed by atoms with Crippen molar-refractivity contribution in [2.24, 2.45) is 0 Å². The molecular weight excluding hydrogens is 473 g/mol. The highest BCUT2D eigenvalue weighted by Crippen LogP contribution is 2.13. The number of nitrogens with zero attached hydrogens (tertiary/aromatic N) is 3. The van der Waals surface area contributed by atoms with E-state index in [0.29, 0.717) is 17.8 Å². The van der Waals surface area contributed by atoms with Gasteiger partial charge in [-0.05, 0) is 54.9 Å². The Hall–Kier alpha value is -2.05. The number of nitrogens with one attached hydrogen (secondary N) is 2. The van der Waals surface area contributed by atoms with Gasteiger partial charge in [0, 0.05) is 50.0 Å². The zero-order chi connectivity index (χ0) is 20.5. The maximum atomic E-state index is 11.9. The van der Waals surface area contributed by atoms with Crippen LogP contribution >= 0.6 is 36.4 Å². The van der Waals surface area contributed by atoms with Gasteiger partial charge < -0.3 is 21.0 Å². The second-order valence-electron chi connectivity index (χ2n) is 7.17. The van der Waals surface area contributed by atoms with Crippen LogP contribution in [0.3, 0.4) is 0 Å². The number of carbonyl (C=O) groups excluding carboxylic acids is 1. The van der Waals surface area contributed by atoms with Crippen LogP contribution in [-0.2, 0) is 6.54 Å². The minimum atomic E-state index is -0.220. The fourth-order valence-corrected chi connectivity index (χ4v) is 3.45. The van der Waals surface area contributed by atoms with Gasteiger partial charge in [-0.2, -0.15) is 5.26 Å². The first-order chi connectivity index (χ1) is 14.1. The summed E-state index contributed by atoms with van der Waals surface area (Å²) < 4.78 is 0. The number of nitriles is 1. The van der Waals surface area contributed by atoms with Gasteiger partial charge in [0.2, 0.25) is 0 Å². The number of benzene rings is 2. The average molecular weight is 503 g/mol. The first kappa shape index (κ1) is 29.9. The summed E-state index contributed by atoms with van der Waals surface area (Å²) in [4.78, 5) is 16.8. The van der Waals surface area contributed by atoms with E-state index in [1.807, 2.05) is 12.1 Å². The van der Waals surface area contributed by atoms with Crippen LogP contribution in [0.15, 0.2) is 48.5 Å². The van der Waals surface area contributed by atoms with Gasteiger partial charge >= 0.3 is 6.03 Å². The molecule has 7 nitrogen and oxygen atoms in total. The number of halogens is 3. The predicted molar refractivity (Wildman–Crippen MR) is 134 cm³/mol. The number of amides is 2. The molecule has 1 aliphatic rings. The van der Waals surface area contributed by atoms with E-state index in [4.69, 9.17) is 16.9 Å². The summed E-state index contributed by atoms with van der Waals surface area (Å²) >= 11 is 5.94. The highest BCUT2D eigenvalue weighted by molar-refractivity contribution is 6.30. The van der Waals surface area contributed by atoms with Crippen molar-refractivity contribution < 1.29 is 10.3 Å². The second-order valence-corrected chi connectivity index (χ2v) is 7.60. The van der Waals surface area contributed by atoms with Gasteiger partial charge in [-0.15, -0.1) is 24.8 Å². The van der Waals surface area contributed by atoms with Crippen molar-refractivity contribution in [2.75, 3.05) is 44.6 Å². The molecule has 0 spiro atoms. The second kappa shape index (κ2) is 15.7. The summed E-state index contributed by atoms with van der Waals surface area (Å²) in [6, 6.07) is 16.7. The Morgan fingerprint density at radius 2 is 1.56 bits per heavy atom. The van der Waals surface area contributed by atoms with Gasteiger partial charge in [-0.3, -0.25) is 4.90 Å². The molecule has 2 aromatic rings. The molecule has 0 bridgehead atoms. The fourth-order valence-electron chi connectivity index (χ4n) is 3.33. The Labute approximate surface area is 206 Å². The van der Waals surface area contributed by atoms with Crippen LogP contribution in [0.25, 0.3) is 0 Å². The van der Waals surface area contributed by atoms with Crippen molar-refractivity contribution in [1.29, 1.82) is 5.26 Å². The molecule has 10 heteroatoms. The summed E-state index contributed by atoms with van der Waals surface area (Å²) in [6.45, 7) is 6.77. The zero-order valence-electron chi connectivity index (χ0n) is 17.7. The normalized spacial score (nSPS) is 13.5. The molecule has 2 amide bonds. The molecule has 4 N–H and O–H groups in total. The van der Waals surface area contributed by atoms with E-state index in [0.717, 1.165) is 50.7 Å². The SMILES string of the molecule is Cl.Cl.N#Cc1ccc(NC(=O)NCCCN2CCN(Cc3ccc(Cl)cc3)CC2)cc1.O. The lowest BCUT2D eigenvalue weighted by Gasteiger charge is -2.34. The Morgan fingerprint density at radius 1 is 0.969 bits per heavy atom. The van der Waals surface area contributed by atoms with Gasteiger partial charge in [0.25, 0.3) is 0 Å². The van der Waals surface area contributed by atoms with E-state index in [9.17, 15) is 4.79 Å². The minimum Gasteiger partial charge on any atom is -0.412 e. The zero-order valence-corrected chi connectivity index (χ0v) is 20.1. The Balaban J connectivity index is 0.00000320. The molecule has 0 aromatic heterocycles. The van der Waals surface area contributed by atoms with E-state index in [1.54, 1.807) is 24.3 Å². The smallest absolute Gasteiger partial charge is 0.319 e. The van der Waals surface area contributed by atoms with Crippen LogP contribution in [-0.4, -0.2) is 60.6 Å². The molecule has 3 rings (SSSR count). The highest BCUT2D eigenvalue weighted by Gasteiger charge is 2.16. The molecule has 0 aliphatic carbocycles. The van der Waals surface area contributed by atoms with Crippen molar-refractivity contribution in [3.8, 4) is 6.07 Å². The molecule has 1 heterocycles. The summed E-state index contributed by atoms with van der Waals surface area (Å²) in [5, 5.41) is 15.2. The Morgan fingerprint density at radius 3 is 2.16 bits per heavy atom. The van der Waals surface area contributed by atoms with E-state index in [-0.39, 0.29) is 36.3 Å². The van der Waals surface area contributed by atoms with Crippen LogP contribution in [0.1, 0.15) is 17.5 Å². The number of carbonyl (C=O) groups is 1. The van der Waals surface area contributed by atoms with Gasteiger partial charge in [-0.25, -0.2) is 4.79 Å². The van der Waals surface area contributed by atoms with Crippen molar-refractivity contribution in [3.63, 3.8) is 0 Å². The Bertz CT molecular complexity index is 836. The largest absolute Gasteiger partial charge is 0.412 e. The number of urea groups is 1. The monoisotopic (exact) mass is 501 g/mol. The average Bonchev–Trinajstić information content (AvgIpc) is 2.74. The van der Waals surface area contributed by atoms with Crippen molar-refractivity contribution >= 4 is 48.1 Å². The summed E-state index contributed by atoms with van der Waals surface area (Å²) in [6.07, 6.45) is 0.915. The van der Waals surface area contributed by atoms with E-state index in [1.165, 1.54) is 5.56 Å². The molecule has 1 saturated heterocycles. The number of anilines is 1. The van der Waals surface area contributed by atoms with Crippen LogP contribution < -0.4 is 10.6 Å². The molecule has 2 aromatic carbocycles. The van der Waals surface area contributed by atoms with E-state index < -0.39 is 0 Å². The fraction of sp³-hybridized carbons (Fsp3) is 0.364. The molecule has 0 radical (unpaired) electrons. The van der Waals surface area contributed by atoms with Crippen LogP contribution in [0.5, 0.6) is 0 Å². The third-order valence-corrected chi connectivity index (χ3v) is 5.24. The number of piperazine rings is 1. The lowest BCUT2D eigenvalue weighted by atomic mass is 10.2. The minimum absolute atomic E-state index is 0. The number of rotatable bonds is 7. The van der Waals surface area contributed by atoms with Crippen LogP contribution in [0.4, 0.5) is 10.5 Å². The summed E-state index contributed by atoms with van der Waals surface area (Å²) in [7, 11) is 0. The summed E-state index contributed by atoms with van der Waals surface area (Å²) in [5.41, 5.74) is 2.54. The van der Waals surface area contributed by atoms with Gasteiger partial charge in [0.05, 0.1) is 11.6 Å². The molecule has 0 atom stereocenters. The van der Waals surface area contributed by atoms with Gasteiger partial charge in [-0.1, -0.05) is 23.7 Å². The molecule has 1 aliphatic heterocycles.